The van der Waals surface area contributed by atoms with Gasteiger partial charge in [-0.15, -0.1) is 0 Å². The molecule has 1 aliphatic carbocycles. The van der Waals surface area contributed by atoms with Gasteiger partial charge in [-0.05, 0) is 49.8 Å². The summed E-state index contributed by atoms with van der Waals surface area (Å²) >= 11 is 0. The first-order chi connectivity index (χ1) is 9.06. The Bertz CT molecular complexity index is 451. The Morgan fingerprint density at radius 1 is 1.37 bits per heavy atom. The molecule has 0 aliphatic heterocycles. The molecule has 0 radical (unpaired) electrons. The number of halogens is 1. The second-order valence-corrected chi connectivity index (χ2v) is 5.30. The van der Waals surface area contributed by atoms with Crippen molar-refractivity contribution in [2.45, 2.75) is 45.3 Å². The van der Waals surface area contributed by atoms with Gasteiger partial charge >= 0.3 is 5.97 Å². The molecular weight excluding hydrogens is 247 g/mol. The molecule has 0 spiro atoms. The summed E-state index contributed by atoms with van der Waals surface area (Å²) in [6.07, 6.45) is 4.46. The summed E-state index contributed by atoms with van der Waals surface area (Å²) in [5, 5.41) is 8.88. The maximum Gasteiger partial charge on any atom is 0.335 e. The number of hydrogen-bond acceptors (Lipinski definition) is 2. The van der Waals surface area contributed by atoms with E-state index in [-0.39, 0.29) is 18.3 Å². The number of carboxylic acids is 1. The van der Waals surface area contributed by atoms with Crippen LogP contribution in [0.1, 0.15) is 48.5 Å². The lowest BCUT2D eigenvalue weighted by Gasteiger charge is -2.26. The van der Waals surface area contributed by atoms with Crippen LogP contribution in [0.4, 0.5) is 4.39 Å². The summed E-state index contributed by atoms with van der Waals surface area (Å²) in [6, 6.07) is 3.80. The van der Waals surface area contributed by atoms with Gasteiger partial charge < -0.3 is 9.84 Å². The van der Waals surface area contributed by atoms with Gasteiger partial charge in [0.05, 0.1) is 18.3 Å². The predicted octanol–water partition coefficient (Wildman–Crippen LogP) is 3.62. The van der Waals surface area contributed by atoms with Crippen LogP contribution >= 0.6 is 0 Å². The quantitative estimate of drug-likeness (QED) is 0.905. The lowest BCUT2D eigenvalue weighted by Crippen LogP contribution is -2.20. The number of aromatic carboxylic acids is 1. The summed E-state index contributed by atoms with van der Waals surface area (Å²) < 4.78 is 19.3. The minimum atomic E-state index is -1.05. The number of ether oxygens (including phenoxy) is 1. The molecule has 0 atom stereocenters. The second kappa shape index (κ2) is 6.15. The van der Waals surface area contributed by atoms with Gasteiger partial charge in [-0.25, -0.2) is 9.18 Å². The molecule has 0 unspecified atom stereocenters. The van der Waals surface area contributed by atoms with Crippen molar-refractivity contribution in [3.05, 3.63) is 35.1 Å². The van der Waals surface area contributed by atoms with Crippen LogP contribution in [-0.2, 0) is 11.3 Å². The van der Waals surface area contributed by atoms with E-state index in [4.69, 9.17) is 9.84 Å². The van der Waals surface area contributed by atoms with E-state index in [1.165, 1.54) is 18.2 Å². The third-order valence-electron chi connectivity index (χ3n) is 3.73. The van der Waals surface area contributed by atoms with Crippen LogP contribution in [0, 0.1) is 11.7 Å². The van der Waals surface area contributed by atoms with E-state index < -0.39 is 11.8 Å². The third kappa shape index (κ3) is 3.77. The van der Waals surface area contributed by atoms with Crippen molar-refractivity contribution in [2.75, 3.05) is 0 Å². The van der Waals surface area contributed by atoms with Crippen LogP contribution in [0.3, 0.4) is 0 Å². The van der Waals surface area contributed by atoms with E-state index in [2.05, 4.69) is 6.92 Å². The number of carboxylic acid groups (broad SMARTS) is 1. The molecule has 2 rings (SSSR count). The van der Waals surface area contributed by atoms with Crippen molar-refractivity contribution in [2.24, 2.45) is 5.92 Å². The second-order valence-electron chi connectivity index (χ2n) is 5.30. The van der Waals surface area contributed by atoms with Crippen LogP contribution in [-0.4, -0.2) is 17.2 Å². The first kappa shape index (κ1) is 14.0. The Hall–Kier alpha value is -1.42. The van der Waals surface area contributed by atoms with E-state index in [9.17, 15) is 9.18 Å². The number of carbonyl (C=O) groups is 1. The molecule has 0 aromatic heterocycles. The highest BCUT2D eigenvalue weighted by Crippen LogP contribution is 2.26. The van der Waals surface area contributed by atoms with Gasteiger partial charge in [0.25, 0.3) is 0 Å². The topological polar surface area (TPSA) is 46.5 Å². The van der Waals surface area contributed by atoms with Gasteiger partial charge in [0, 0.05) is 5.56 Å². The Kier molecular flexibility index (Phi) is 4.53. The molecule has 1 aliphatic rings. The standard InChI is InChI=1S/C15H19FO3/c1-10-2-5-13(6-3-10)19-9-12-8-11(15(17)18)4-7-14(12)16/h4,7-8,10,13H,2-3,5-6,9H2,1H3,(H,17,18). The molecule has 0 heterocycles. The van der Waals surface area contributed by atoms with E-state index >= 15 is 0 Å². The van der Waals surface area contributed by atoms with Crippen molar-refractivity contribution >= 4 is 5.97 Å². The van der Waals surface area contributed by atoms with Crippen molar-refractivity contribution in [1.29, 1.82) is 0 Å². The molecule has 4 heteroatoms. The van der Waals surface area contributed by atoms with Gasteiger partial charge in [0.15, 0.2) is 0 Å². The number of benzene rings is 1. The summed E-state index contributed by atoms with van der Waals surface area (Å²) in [6.45, 7) is 2.37. The summed E-state index contributed by atoms with van der Waals surface area (Å²) in [5.41, 5.74) is 0.413. The fraction of sp³-hybridized carbons (Fsp3) is 0.533. The minimum absolute atomic E-state index is 0.0947. The van der Waals surface area contributed by atoms with Crippen LogP contribution in [0.25, 0.3) is 0 Å². The zero-order valence-corrected chi connectivity index (χ0v) is 11.1. The molecule has 19 heavy (non-hydrogen) atoms. The smallest absolute Gasteiger partial charge is 0.335 e. The molecule has 104 valence electrons. The molecule has 0 saturated heterocycles. The summed E-state index contributed by atoms with van der Waals surface area (Å²) in [7, 11) is 0. The van der Waals surface area contributed by atoms with Crippen LogP contribution in [0.15, 0.2) is 18.2 Å². The van der Waals surface area contributed by atoms with Gasteiger partial charge in [0.1, 0.15) is 5.82 Å². The Labute approximate surface area is 112 Å². The van der Waals surface area contributed by atoms with E-state index in [1.54, 1.807) is 0 Å². The molecule has 1 N–H and O–H groups in total. The highest BCUT2D eigenvalue weighted by Gasteiger charge is 2.19. The van der Waals surface area contributed by atoms with Crippen LogP contribution in [0.2, 0.25) is 0 Å². The Morgan fingerprint density at radius 2 is 2.05 bits per heavy atom. The zero-order chi connectivity index (χ0) is 13.8. The maximum absolute atomic E-state index is 13.6. The normalized spacial score (nSPS) is 23.3. The van der Waals surface area contributed by atoms with E-state index in [0.29, 0.717) is 5.56 Å². The fourth-order valence-corrected chi connectivity index (χ4v) is 2.42. The first-order valence-corrected chi connectivity index (χ1v) is 6.69. The van der Waals surface area contributed by atoms with E-state index in [0.717, 1.165) is 31.6 Å². The fourth-order valence-electron chi connectivity index (χ4n) is 2.42. The molecule has 0 amide bonds. The monoisotopic (exact) mass is 266 g/mol. The average molecular weight is 266 g/mol. The molecule has 1 aromatic carbocycles. The number of hydrogen-bond donors (Lipinski definition) is 1. The Balaban J connectivity index is 1.95. The lowest BCUT2D eigenvalue weighted by atomic mass is 9.89. The zero-order valence-electron chi connectivity index (χ0n) is 11.1. The third-order valence-corrected chi connectivity index (χ3v) is 3.73. The van der Waals surface area contributed by atoms with Crippen molar-refractivity contribution in [3.63, 3.8) is 0 Å². The van der Waals surface area contributed by atoms with Crippen molar-refractivity contribution in [1.82, 2.24) is 0 Å². The van der Waals surface area contributed by atoms with Crippen LogP contribution in [0.5, 0.6) is 0 Å². The highest BCUT2D eigenvalue weighted by molar-refractivity contribution is 5.87. The molecule has 3 nitrogen and oxygen atoms in total. The van der Waals surface area contributed by atoms with Gasteiger partial charge in [0.2, 0.25) is 0 Å². The molecule has 1 fully saturated rings. The van der Waals surface area contributed by atoms with Crippen LogP contribution < -0.4 is 0 Å². The number of rotatable bonds is 4. The SMILES string of the molecule is CC1CCC(OCc2cc(C(=O)O)ccc2F)CC1. The van der Waals surface area contributed by atoms with Crippen molar-refractivity contribution in [3.8, 4) is 0 Å². The van der Waals surface area contributed by atoms with Gasteiger partial charge in [-0.3, -0.25) is 0 Å². The molecule has 1 saturated carbocycles. The minimum Gasteiger partial charge on any atom is -0.478 e. The first-order valence-electron chi connectivity index (χ1n) is 6.69. The molecule has 0 bridgehead atoms. The maximum atomic E-state index is 13.6. The molecule has 1 aromatic rings. The summed E-state index contributed by atoms with van der Waals surface area (Å²) in [5.74, 6) is -0.714. The van der Waals surface area contributed by atoms with Gasteiger partial charge in [-0.2, -0.15) is 0 Å². The summed E-state index contributed by atoms with van der Waals surface area (Å²) in [4.78, 5) is 10.8. The lowest BCUT2D eigenvalue weighted by molar-refractivity contribution is 0.00756. The average Bonchev–Trinajstić information content (AvgIpc) is 2.39. The molecular formula is C15H19FO3. The van der Waals surface area contributed by atoms with Crippen molar-refractivity contribution < 1.29 is 19.0 Å². The van der Waals surface area contributed by atoms with E-state index in [1.807, 2.05) is 0 Å². The highest BCUT2D eigenvalue weighted by atomic mass is 19.1. The Morgan fingerprint density at radius 3 is 2.68 bits per heavy atom. The van der Waals surface area contributed by atoms with Gasteiger partial charge in [-0.1, -0.05) is 6.92 Å². The largest absolute Gasteiger partial charge is 0.478 e. The predicted molar refractivity (Wildman–Crippen MR) is 69.6 cm³/mol.